The predicted molar refractivity (Wildman–Crippen MR) is 185 cm³/mol. The van der Waals surface area contributed by atoms with E-state index in [1.165, 1.54) is 40.6 Å². The third-order valence-corrected chi connectivity index (χ3v) is 9.95. The Balaban J connectivity index is 1.72. The van der Waals surface area contributed by atoms with E-state index in [-0.39, 0.29) is 57.4 Å². The van der Waals surface area contributed by atoms with E-state index in [1.807, 2.05) is 13.0 Å². The first-order valence-corrected chi connectivity index (χ1v) is 17.0. The zero-order chi connectivity index (χ0) is 34.7. The number of phenols is 2. The Morgan fingerprint density at radius 3 is 1.81 bits per heavy atom. The Bertz CT molecular complexity index is 2420. The number of aromatic hydroxyl groups is 2. The topological polar surface area (TPSA) is 178 Å². The molecule has 13 heteroatoms. The second kappa shape index (κ2) is 12.3. The highest BCUT2D eigenvalue weighted by Gasteiger charge is 2.34. The van der Waals surface area contributed by atoms with Crippen LogP contribution in [0.1, 0.15) is 43.7 Å². The smallest absolute Gasteiger partial charge is 0.264 e. The summed E-state index contributed by atoms with van der Waals surface area (Å²) in [6.45, 7) is 2.23. The summed E-state index contributed by atoms with van der Waals surface area (Å²) in [4.78, 5) is 32.2. The summed E-state index contributed by atoms with van der Waals surface area (Å²) in [5, 5.41) is 25.9. The zero-order valence-electron chi connectivity index (χ0n) is 27.1. The number of benzene rings is 5. The van der Waals surface area contributed by atoms with Crippen molar-refractivity contribution < 1.29 is 42.1 Å². The molecular weight excluding hydrogens is 642 g/mol. The number of aliphatic imine (C=N–C) groups is 1. The molecule has 5 aromatic rings. The van der Waals surface area contributed by atoms with Crippen LogP contribution in [0.5, 0.6) is 34.5 Å². The van der Waals surface area contributed by atoms with Gasteiger partial charge in [-0.3, -0.25) is 19.1 Å². The standard InChI is InChI=1S/C35H35NO11S/c1-16(36-12-8-6-7-9-13-48(41,42)43)17-10-11-18-23-29-24(17)35(47-5)33(40)26-20(38)15-22(45-3)28(31(26)29)27-21(44-2)14-19(37)25(30(23)27)32(39)34(18)46-4/h10,14-15,39-40H,6-9,11-13H2,1-5H3,(H,41,42,43). The quantitative estimate of drug-likeness (QED) is 0.0520. The van der Waals surface area contributed by atoms with E-state index in [4.69, 9.17) is 28.5 Å². The molecule has 0 aliphatic heterocycles. The average molecular weight is 678 g/mol. The molecule has 0 amide bonds. The van der Waals surface area contributed by atoms with Crippen molar-refractivity contribution in [2.24, 2.45) is 4.99 Å². The van der Waals surface area contributed by atoms with E-state index >= 15 is 0 Å². The summed E-state index contributed by atoms with van der Waals surface area (Å²) in [5.41, 5.74) is 1.19. The van der Waals surface area contributed by atoms with Crippen molar-refractivity contribution >= 4 is 64.5 Å². The zero-order valence-corrected chi connectivity index (χ0v) is 28.0. The summed E-state index contributed by atoms with van der Waals surface area (Å²) >= 11 is 0. The minimum Gasteiger partial charge on any atom is -0.504 e. The largest absolute Gasteiger partial charge is 0.504 e. The van der Waals surface area contributed by atoms with Crippen LogP contribution in [0.2, 0.25) is 0 Å². The van der Waals surface area contributed by atoms with E-state index in [1.54, 1.807) is 0 Å². The number of nitrogens with zero attached hydrogens (tertiary/aromatic N) is 1. The molecule has 6 rings (SSSR count). The lowest BCUT2D eigenvalue weighted by atomic mass is 9.82. The van der Waals surface area contributed by atoms with Crippen molar-refractivity contribution in [3.8, 4) is 34.5 Å². The molecule has 1 aliphatic rings. The minimum absolute atomic E-state index is 0.00724. The van der Waals surface area contributed by atoms with Gasteiger partial charge in [-0.05, 0) is 31.6 Å². The van der Waals surface area contributed by atoms with Crippen LogP contribution in [0.15, 0.2) is 32.8 Å². The van der Waals surface area contributed by atoms with Crippen LogP contribution in [-0.2, 0) is 16.5 Å². The number of phenolic OH excluding ortho intramolecular Hbond substituents is 2. The number of methoxy groups -OCH3 is 4. The van der Waals surface area contributed by atoms with Gasteiger partial charge in [0, 0.05) is 68.0 Å². The van der Waals surface area contributed by atoms with Gasteiger partial charge in [0.25, 0.3) is 10.1 Å². The van der Waals surface area contributed by atoms with Gasteiger partial charge in [0.1, 0.15) is 11.5 Å². The highest BCUT2D eigenvalue weighted by atomic mass is 32.2. The molecule has 48 heavy (non-hydrogen) atoms. The SMILES string of the molecule is COc1c(O)c2c(=O)cc(OC)c3c4c(OC)cc(=O)c5c(O)c(OC)c6c(c(c1CC=C6C(C)=NCCCCCCS(=O)(=O)O)c23)c54. The molecule has 0 aromatic heterocycles. The fourth-order valence-corrected chi connectivity index (χ4v) is 7.73. The van der Waals surface area contributed by atoms with E-state index in [0.29, 0.717) is 87.0 Å². The highest BCUT2D eigenvalue weighted by molar-refractivity contribution is 7.85. The summed E-state index contributed by atoms with van der Waals surface area (Å²) in [7, 11) is 1.64. The van der Waals surface area contributed by atoms with Crippen LogP contribution in [0.25, 0.3) is 48.7 Å². The van der Waals surface area contributed by atoms with Gasteiger partial charge in [0.05, 0.1) is 45.0 Å². The number of ether oxygens (including phenoxy) is 4. The van der Waals surface area contributed by atoms with Crippen LogP contribution in [0, 0.1) is 0 Å². The maximum Gasteiger partial charge on any atom is 0.264 e. The molecule has 12 nitrogen and oxygen atoms in total. The molecule has 0 saturated heterocycles. The van der Waals surface area contributed by atoms with Crippen LogP contribution >= 0.6 is 0 Å². The number of unbranched alkanes of at least 4 members (excludes halogenated alkanes) is 3. The second-order valence-corrected chi connectivity index (χ2v) is 13.3. The molecule has 252 valence electrons. The van der Waals surface area contributed by atoms with Gasteiger partial charge in [0.2, 0.25) is 0 Å². The normalized spacial score (nSPS) is 13.5. The Hall–Kier alpha value is -4.88. The van der Waals surface area contributed by atoms with Crippen LogP contribution in [-0.4, -0.2) is 69.6 Å². The van der Waals surface area contributed by atoms with Crippen molar-refractivity contribution in [1.82, 2.24) is 0 Å². The first-order valence-electron chi connectivity index (χ1n) is 15.4. The lowest BCUT2D eigenvalue weighted by Gasteiger charge is -2.24. The molecule has 5 aromatic carbocycles. The van der Waals surface area contributed by atoms with Crippen molar-refractivity contribution in [2.75, 3.05) is 40.7 Å². The molecule has 0 unspecified atom stereocenters. The minimum atomic E-state index is -4.00. The van der Waals surface area contributed by atoms with Gasteiger partial charge in [-0.2, -0.15) is 8.42 Å². The van der Waals surface area contributed by atoms with Crippen LogP contribution in [0.3, 0.4) is 0 Å². The lowest BCUT2D eigenvalue weighted by molar-refractivity contribution is 0.373. The molecule has 0 atom stereocenters. The van der Waals surface area contributed by atoms with E-state index < -0.39 is 21.0 Å². The van der Waals surface area contributed by atoms with Gasteiger partial charge in [-0.25, -0.2) is 0 Å². The first-order chi connectivity index (χ1) is 22.9. The lowest BCUT2D eigenvalue weighted by Crippen LogP contribution is -2.10. The van der Waals surface area contributed by atoms with Gasteiger partial charge in [-0.15, -0.1) is 0 Å². The molecule has 0 spiro atoms. The molecular formula is C35H35NO11S. The Labute approximate surface area is 275 Å². The molecule has 0 saturated carbocycles. The van der Waals surface area contributed by atoms with Crippen molar-refractivity contribution in [3.63, 3.8) is 0 Å². The van der Waals surface area contributed by atoms with Crippen molar-refractivity contribution in [2.45, 2.75) is 39.0 Å². The van der Waals surface area contributed by atoms with Crippen molar-refractivity contribution in [1.29, 1.82) is 0 Å². The third kappa shape index (κ3) is 4.99. The number of rotatable bonds is 12. The van der Waals surface area contributed by atoms with Gasteiger partial charge < -0.3 is 29.2 Å². The Kier molecular flexibility index (Phi) is 8.46. The predicted octanol–water partition coefficient (Wildman–Crippen LogP) is 5.19. The molecule has 0 heterocycles. The average Bonchev–Trinajstić information content (AvgIpc) is 3.21. The van der Waals surface area contributed by atoms with Crippen LogP contribution < -0.4 is 29.8 Å². The maximum atomic E-state index is 13.7. The molecule has 0 bridgehead atoms. The number of allylic oxidation sites excluding steroid dienone is 2. The van der Waals surface area contributed by atoms with Gasteiger partial charge in [-0.1, -0.05) is 18.9 Å². The number of hydrogen-bond acceptors (Lipinski definition) is 11. The Morgan fingerprint density at radius 1 is 0.729 bits per heavy atom. The van der Waals surface area contributed by atoms with E-state index in [9.17, 15) is 28.2 Å². The summed E-state index contributed by atoms with van der Waals surface area (Å²) in [6, 6.07) is 2.54. The summed E-state index contributed by atoms with van der Waals surface area (Å²) in [6.07, 6.45) is 4.41. The highest BCUT2D eigenvalue weighted by Crippen LogP contribution is 2.57. The fraction of sp³-hybridized carbons (Fsp3) is 0.343. The Morgan fingerprint density at radius 2 is 1.27 bits per heavy atom. The van der Waals surface area contributed by atoms with E-state index in [2.05, 4.69) is 0 Å². The summed E-state index contributed by atoms with van der Waals surface area (Å²) in [5.74, 6) is -0.459. The molecule has 0 fully saturated rings. The second-order valence-electron chi connectivity index (χ2n) is 11.8. The maximum absolute atomic E-state index is 13.7. The van der Waals surface area contributed by atoms with Crippen molar-refractivity contribution in [3.05, 3.63) is 49.8 Å². The molecule has 1 aliphatic carbocycles. The fourth-order valence-electron chi connectivity index (χ4n) is 7.16. The number of hydrogen-bond donors (Lipinski definition) is 3. The van der Waals surface area contributed by atoms with E-state index in [0.717, 1.165) is 0 Å². The monoisotopic (exact) mass is 677 g/mol. The van der Waals surface area contributed by atoms with Gasteiger partial charge in [0.15, 0.2) is 33.9 Å². The summed E-state index contributed by atoms with van der Waals surface area (Å²) < 4.78 is 54.1. The first kappa shape index (κ1) is 33.0. The molecule has 0 radical (unpaired) electrons. The molecule has 3 N–H and O–H groups in total. The van der Waals surface area contributed by atoms with Gasteiger partial charge >= 0.3 is 0 Å². The third-order valence-electron chi connectivity index (χ3n) is 9.14. The van der Waals surface area contributed by atoms with Crippen LogP contribution in [0.4, 0.5) is 0 Å². The number of fused-ring (bicyclic) bond motifs is 1.